The van der Waals surface area contributed by atoms with Crippen LogP contribution in [0.3, 0.4) is 0 Å². The quantitative estimate of drug-likeness (QED) is 0.576. The molecule has 0 radical (unpaired) electrons. The Morgan fingerprint density at radius 3 is 2.48 bits per heavy atom. The number of sulfonamides is 2. The smallest absolute Gasteiger partial charge is 0.214 e. The lowest BCUT2D eigenvalue weighted by Crippen LogP contribution is -2.47. The highest BCUT2D eigenvalue weighted by molar-refractivity contribution is 7.89. The van der Waals surface area contributed by atoms with Gasteiger partial charge in [-0.15, -0.1) is 0 Å². The molecule has 1 atom stereocenters. The third-order valence-corrected chi connectivity index (χ3v) is 8.39. The Labute approximate surface area is 196 Å². The lowest BCUT2D eigenvalue weighted by atomic mass is 10.1. The molecule has 8 nitrogen and oxygen atoms in total. The van der Waals surface area contributed by atoms with Gasteiger partial charge in [0.05, 0.1) is 23.6 Å². The average molecular weight is 491 g/mol. The zero-order chi connectivity index (χ0) is 24.1. The van der Waals surface area contributed by atoms with Gasteiger partial charge in [0.15, 0.2) is 0 Å². The molecule has 0 aromatic heterocycles. The van der Waals surface area contributed by atoms with E-state index in [-0.39, 0.29) is 24.9 Å². The van der Waals surface area contributed by atoms with Crippen LogP contribution in [0, 0.1) is 11.3 Å². The highest BCUT2D eigenvalue weighted by Crippen LogP contribution is 2.31. The Morgan fingerprint density at radius 1 is 1.12 bits per heavy atom. The molecule has 0 saturated carbocycles. The Hall–Kier alpha value is -2.45. The van der Waals surface area contributed by atoms with Gasteiger partial charge in [-0.05, 0) is 42.2 Å². The van der Waals surface area contributed by atoms with Gasteiger partial charge < -0.3 is 4.90 Å². The van der Waals surface area contributed by atoms with E-state index in [9.17, 15) is 22.1 Å². The molecule has 0 fully saturated rings. The SMILES string of the molecule is CCCS(=O)(=O)N1Cc2cc(C#N)ccc2N(CCNS(C)(=O)=O)CC1Cc1ccccc1. The number of nitriles is 1. The summed E-state index contributed by atoms with van der Waals surface area (Å²) < 4.78 is 53.8. The minimum absolute atomic E-state index is 0.0429. The van der Waals surface area contributed by atoms with Crippen molar-refractivity contribution in [2.24, 2.45) is 0 Å². The fourth-order valence-corrected chi connectivity index (χ4v) is 6.31. The summed E-state index contributed by atoms with van der Waals surface area (Å²) in [6.45, 7) is 2.98. The summed E-state index contributed by atoms with van der Waals surface area (Å²) in [4.78, 5) is 2.02. The number of hydrogen-bond acceptors (Lipinski definition) is 6. The molecule has 3 rings (SSSR count). The molecule has 1 aliphatic heterocycles. The monoisotopic (exact) mass is 490 g/mol. The summed E-state index contributed by atoms with van der Waals surface area (Å²) in [6.07, 6.45) is 2.14. The standard InChI is InChI=1S/C23H30N4O4S2/c1-3-13-33(30,31)27-17-21-14-20(16-24)9-10-23(21)26(12-11-25-32(2,28)29)18-22(27)15-19-7-5-4-6-8-19/h4-10,14,22,25H,3,11-13,15,17-18H2,1-2H3. The molecule has 33 heavy (non-hydrogen) atoms. The minimum Gasteiger partial charge on any atom is -0.368 e. The fourth-order valence-electron chi connectivity index (χ4n) is 4.16. The van der Waals surface area contributed by atoms with Crippen LogP contribution in [0.1, 0.15) is 30.0 Å². The van der Waals surface area contributed by atoms with Gasteiger partial charge in [0, 0.05) is 37.9 Å². The first kappa shape index (κ1) is 25.2. The molecule has 0 aliphatic carbocycles. The number of hydrogen-bond donors (Lipinski definition) is 1. The van der Waals surface area contributed by atoms with Crippen molar-refractivity contribution in [3.05, 3.63) is 65.2 Å². The maximum atomic E-state index is 13.3. The van der Waals surface area contributed by atoms with Crippen molar-refractivity contribution in [3.63, 3.8) is 0 Å². The zero-order valence-corrected chi connectivity index (χ0v) is 20.6. The molecule has 0 bridgehead atoms. The molecular formula is C23H30N4O4S2. The van der Waals surface area contributed by atoms with Crippen LogP contribution in [0.15, 0.2) is 48.5 Å². The van der Waals surface area contributed by atoms with E-state index in [0.29, 0.717) is 31.5 Å². The van der Waals surface area contributed by atoms with Crippen LogP contribution in [0.4, 0.5) is 5.69 Å². The molecule has 0 amide bonds. The normalized spacial score (nSPS) is 17.2. The van der Waals surface area contributed by atoms with E-state index < -0.39 is 20.0 Å². The first-order valence-electron chi connectivity index (χ1n) is 10.9. The summed E-state index contributed by atoms with van der Waals surface area (Å²) in [5.41, 5.74) is 3.04. The summed E-state index contributed by atoms with van der Waals surface area (Å²) in [5, 5.41) is 9.39. The summed E-state index contributed by atoms with van der Waals surface area (Å²) in [6, 6.07) is 16.8. The van der Waals surface area contributed by atoms with Gasteiger partial charge in [-0.25, -0.2) is 21.6 Å². The van der Waals surface area contributed by atoms with Gasteiger partial charge >= 0.3 is 0 Å². The number of rotatable bonds is 9. The third-order valence-electron chi connectivity index (χ3n) is 5.59. The highest BCUT2D eigenvalue weighted by atomic mass is 32.2. The van der Waals surface area contributed by atoms with Crippen LogP contribution in [-0.2, 0) is 33.0 Å². The summed E-state index contributed by atoms with van der Waals surface area (Å²) in [5.74, 6) is 0.0429. The lowest BCUT2D eigenvalue weighted by Gasteiger charge is -2.32. The van der Waals surface area contributed by atoms with Crippen molar-refractivity contribution < 1.29 is 16.8 Å². The van der Waals surface area contributed by atoms with Gasteiger partial charge in [0.1, 0.15) is 0 Å². The molecule has 178 valence electrons. The van der Waals surface area contributed by atoms with Crippen molar-refractivity contribution in [1.82, 2.24) is 9.03 Å². The van der Waals surface area contributed by atoms with E-state index in [0.717, 1.165) is 23.1 Å². The van der Waals surface area contributed by atoms with Gasteiger partial charge in [0.2, 0.25) is 20.0 Å². The van der Waals surface area contributed by atoms with Gasteiger partial charge in [-0.1, -0.05) is 37.3 Å². The van der Waals surface area contributed by atoms with Crippen LogP contribution >= 0.6 is 0 Å². The van der Waals surface area contributed by atoms with E-state index in [1.807, 2.05) is 48.2 Å². The number of anilines is 1. The summed E-state index contributed by atoms with van der Waals surface area (Å²) in [7, 11) is -6.89. The maximum Gasteiger partial charge on any atom is 0.214 e. The minimum atomic E-state index is -3.54. The largest absolute Gasteiger partial charge is 0.368 e. The van der Waals surface area contributed by atoms with Crippen LogP contribution in [0.25, 0.3) is 0 Å². The molecule has 0 spiro atoms. The predicted molar refractivity (Wildman–Crippen MR) is 130 cm³/mol. The second-order valence-corrected chi connectivity index (χ2v) is 12.1. The van der Waals surface area contributed by atoms with E-state index in [4.69, 9.17) is 0 Å². The number of nitrogens with zero attached hydrogens (tertiary/aromatic N) is 3. The molecule has 2 aromatic rings. The van der Waals surface area contributed by atoms with Crippen molar-refractivity contribution in [3.8, 4) is 6.07 Å². The van der Waals surface area contributed by atoms with Crippen molar-refractivity contribution in [2.75, 3.05) is 36.5 Å². The molecule has 1 aliphatic rings. The van der Waals surface area contributed by atoms with Crippen LogP contribution in [-0.4, -0.2) is 58.8 Å². The first-order chi connectivity index (χ1) is 15.6. The van der Waals surface area contributed by atoms with Gasteiger partial charge in [-0.3, -0.25) is 0 Å². The van der Waals surface area contributed by atoms with Gasteiger partial charge in [0.25, 0.3) is 0 Å². The zero-order valence-electron chi connectivity index (χ0n) is 18.9. The Bertz CT molecular complexity index is 1210. The second kappa shape index (κ2) is 10.7. The number of nitrogens with one attached hydrogen (secondary N) is 1. The average Bonchev–Trinajstić information content (AvgIpc) is 2.90. The Balaban J connectivity index is 2.03. The molecule has 1 N–H and O–H groups in total. The van der Waals surface area contributed by atoms with E-state index in [1.165, 1.54) is 0 Å². The maximum absolute atomic E-state index is 13.3. The molecule has 1 unspecified atom stereocenters. The fraction of sp³-hybridized carbons (Fsp3) is 0.435. The van der Waals surface area contributed by atoms with Crippen LogP contribution < -0.4 is 9.62 Å². The number of benzene rings is 2. The Kier molecular flexibility index (Phi) is 8.13. The van der Waals surface area contributed by atoms with Crippen molar-refractivity contribution in [1.29, 1.82) is 5.26 Å². The molecule has 2 aromatic carbocycles. The van der Waals surface area contributed by atoms with E-state index >= 15 is 0 Å². The highest BCUT2D eigenvalue weighted by Gasteiger charge is 2.35. The molecule has 0 saturated heterocycles. The number of fused-ring (bicyclic) bond motifs is 1. The van der Waals surface area contributed by atoms with Crippen LogP contribution in [0.5, 0.6) is 0 Å². The van der Waals surface area contributed by atoms with Crippen LogP contribution in [0.2, 0.25) is 0 Å². The molecule has 10 heteroatoms. The Morgan fingerprint density at radius 2 is 1.85 bits per heavy atom. The van der Waals surface area contributed by atoms with E-state index in [2.05, 4.69) is 10.8 Å². The summed E-state index contributed by atoms with van der Waals surface area (Å²) >= 11 is 0. The van der Waals surface area contributed by atoms with Crippen molar-refractivity contribution in [2.45, 2.75) is 32.4 Å². The second-order valence-electron chi connectivity index (χ2n) is 8.27. The topological polar surface area (TPSA) is 111 Å². The third kappa shape index (κ3) is 6.77. The molecular weight excluding hydrogens is 460 g/mol. The first-order valence-corrected chi connectivity index (χ1v) is 14.4. The van der Waals surface area contributed by atoms with E-state index in [1.54, 1.807) is 16.4 Å². The van der Waals surface area contributed by atoms with Gasteiger partial charge in [-0.2, -0.15) is 9.57 Å². The molecule has 1 heterocycles. The van der Waals surface area contributed by atoms with Crippen molar-refractivity contribution >= 4 is 25.7 Å². The lowest BCUT2D eigenvalue weighted by molar-refractivity contribution is 0.318. The predicted octanol–water partition coefficient (Wildman–Crippen LogP) is 2.08.